The zero-order valence-corrected chi connectivity index (χ0v) is 13.0. The summed E-state index contributed by atoms with van der Waals surface area (Å²) in [5.74, 6) is 1.00. The van der Waals surface area contributed by atoms with Gasteiger partial charge in [0.05, 0.1) is 0 Å². The van der Waals surface area contributed by atoms with Crippen LogP contribution >= 0.6 is 0 Å². The highest BCUT2D eigenvalue weighted by Crippen LogP contribution is 2.56. The van der Waals surface area contributed by atoms with Crippen LogP contribution in [0.3, 0.4) is 0 Å². The van der Waals surface area contributed by atoms with Gasteiger partial charge in [0.1, 0.15) is 0 Å². The molecule has 0 N–H and O–H groups in total. The van der Waals surface area contributed by atoms with Crippen molar-refractivity contribution in [2.45, 2.75) is 91.4 Å². The Labute approximate surface area is 115 Å². The molecule has 0 aromatic heterocycles. The molecular weight excluding hydrogens is 216 g/mol. The summed E-state index contributed by atoms with van der Waals surface area (Å²) in [5, 5.41) is 0. The van der Waals surface area contributed by atoms with Crippen LogP contribution in [0.4, 0.5) is 0 Å². The molecule has 0 aromatic carbocycles. The van der Waals surface area contributed by atoms with Gasteiger partial charge in [-0.15, -0.1) is 0 Å². The first kappa shape index (κ1) is 15.8. The Morgan fingerprint density at radius 2 is 1.56 bits per heavy atom. The quantitative estimate of drug-likeness (QED) is 0.289. The van der Waals surface area contributed by atoms with Gasteiger partial charge in [-0.3, -0.25) is 0 Å². The first-order valence-electron chi connectivity index (χ1n) is 8.40. The lowest BCUT2D eigenvalue weighted by molar-refractivity contribution is 0.519. The molecule has 0 saturated heterocycles. The van der Waals surface area contributed by atoms with E-state index in [1.807, 2.05) is 0 Å². The maximum atomic E-state index is 2.47. The molecule has 2 unspecified atom stereocenters. The summed E-state index contributed by atoms with van der Waals surface area (Å²) in [6, 6.07) is 0. The Balaban J connectivity index is 1.89. The van der Waals surface area contributed by atoms with E-state index < -0.39 is 0 Å². The molecule has 1 aliphatic rings. The van der Waals surface area contributed by atoms with Crippen molar-refractivity contribution in [3.05, 3.63) is 12.2 Å². The van der Waals surface area contributed by atoms with Gasteiger partial charge in [0.15, 0.2) is 0 Å². The van der Waals surface area contributed by atoms with E-state index in [-0.39, 0.29) is 0 Å². The molecule has 1 aliphatic carbocycles. The molecule has 106 valence electrons. The molecule has 0 nitrogen and oxygen atoms in total. The minimum Gasteiger partial charge on any atom is -0.0883 e. The fourth-order valence-corrected chi connectivity index (χ4v) is 3.02. The lowest BCUT2D eigenvalue weighted by Gasteiger charge is -2.05. The van der Waals surface area contributed by atoms with Crippen molar-refractivity contribution in [2.24, 2.45) is 11.3 Å². The fraction of sp³-hybridized carbons (Fsp3) is 0.889. The average Bonchev–Trinajstić information content (AvgIpc) is 3.01. The van der Waals surface area contributed by atoms with E-state index >= 15 is 0 Å². The van der Waals surface area contributed by atoms with Crippen LogP contribution in [0, 0.1) is 11.3 Å². The number of rotatable bonds is 11. The Morgan fingerprint density at radius 3 is 2.17 bits per heavy atom. The zero-order chi connectivity index (χ0) is 13.3. The van der Waals surface area contributed by atoms with E-state index in [0.717, 1.165) is 5.92 Å². The Bertz CT molecular complexity index is 228. The summed E-state index contributed by atoms with van der Waals surface area (Å²) in [5.41, 5.74) is 0.580. The summed E-state index contributed by atoms with van der Waals surface area (Å²) in [6.45, 7) is 6.96. The van der Waals surface area contributed by atoms with Crippen molar-refractivity contribution in [2.75, 3.05) is 0 Å². The topological polar surface area (TPSA) is 0 Å². The summed E-state index contributed by atoms with van der Waals surface area (Å²) >= 11 is 0. The Morgan fingerprint density at radius 1 is 0.944 bits per heavy atom. The third-order valence-corrected chi connectivity index (χ3v) is 4.60. The van der Waals surface area contributed by atoms with Gasteiger partial charge in [-0.2, -0.15) is 0 Å². The molecule has 0 amide bonds. The van der Waals surface area contributed by atoms with Crippen LogP contribution in [-0.2, 0) is 0 Å². The lowest BCUT2D eigenvalue weighted by Crippen LogP contribution is -1.93. The number of hydrogen-bond donors (Lipinski definition) is 0. The Hall–Kier alpha value is -0.260. The van der Waals surface area contributed by atoms with E-state index in [9.17, 15) is 0 Å². The summed E-state index contributed by atoms with van der Waals surface area (Å²) < 4.78 is 0. The molecule has 1 saturated carbocycles. The molecule has 2 atom stereocenters. The van der Waals surface area contributed by atoms with Crippen LogP contribution in [0.5, 0.6) is 0 Å². The summed E-state index contributed by atoms with van der Waals surface area (Å²) in [6.07, 6.45) is 20.5. The van der Waals surface area contributed by atoms with Gasteiger partial charge >= 0.3 is 0 Å². The SMILES string of the molecule is CCC=CC1(C)CC1CCCCCCCCCC. The second-order valence-corrected chi connectivity index (χ2v) is 6.48. The van der Waals surface area contributed by atoms with Crippen molar-refractivity contribution in [1.29, 1.82) is 0 Å². The maximum Gasteiger partial charge on any atom is -0.0115 e. The number of allylic oxidation sites excluding steroid dienone is 2. The molecule has 0 aliphatic heterocycles. The van der Waals surface area contributed by atoms with Gasteiger partial charge in [0.25, 0.3) is 0 Å². The Kier molecular flexibility index (Phi) is 7.70. The van der Waals surface area contributed by atoms with Gasteiger partial charge in [0, 0.05) is 0 Å². The van der Waals surface area contributed by atoms with Crippen molar-refractivity contribution < 1.29 is 0 Å². The van der Waals surface area contributed by atoms with Crippen molar-refractivity contribution in [3.8, 4) is 0 Å². The summed E-state index contributed by atoms with van der Waals surface area (Å²) in [4.78, 5) is 0. The second-order valence-electron chi connectivity index (χ2n) is 6.48. The van der Waals surface area contributed by atoms with Crippen molar-refractivity contribution in [1.82, 2.24) is 0 Å². The molecule has 0 aromatic rings. The predicted molar refractivity (Wildman–Crippen MR) is 82.9 cm³/mol. The molecule has 0 heterocycles. The second kappa shape index (κ2) is 8.77. The predicted octanol–water partition coefficient (Wildman–Crippen LogP) is 6.51. The molecule has 0 bridgehead atoms. The standard InChI is InChI=1S/C18H34/c1-4-6-8-9-10-11-12-13-14-17-16-18(17,3)15-7-5-2/h7,15,17H,4-6,8-14,16H2,1-3H3. The third-order valence-electron chi connectivity index (χ3n) is 4.60. The highest BCUT2D eigenvalue weighted by atomic mass is 14.5. The highest BCUT2D eigenvalue weighted by Gasteiger charge is 2.46. The molecule has 1 fully saturated rings. The van der Waals surface area contributed by atoms with E-state index in [1.54, 1.807) is 0 Å². The zero-order valence-electron chi connectivity index (χ0n) is 13.0. The molecule has 1 rings (SSSR count). The van der Waals surface area contributed by atoms with Crippen LogP contribution in [0.2, 0.25) is 0 Å². The smallest absolute Gasteiger partial charge is 0.0115 e. The molecule has 18 heavy (non-hydrogen) atoms. The van der Waals surface area contributed by atoms with Gasteiger partial charge in [-0.25, -0.2) is 0 Å². The first-order chi connectivity index (χ1) is 8.73. The normalized spacial score (nSPS) is 26.9. The molecule has 0 radical (unpaired) electrons. The fourth-order valence-electron chi connectivity index (χ4n) is 3.02. The third kappa shape index (κ3) is 6.07. The van der Waals surface area contributed by atoms with Gasteiger partial charge in [-0.05, 0) is 30.6 Å². The van der Waals surface area contributed by atoms with E-state index in [1.165, 1.54) is 70.6 Å². The van der Waals surface area contributed by atoms with Crippen molar-refractivity contribution >= 4 is 0 Å². The first-order valence-corrected chi connectivity index (χ1v) is 8.40. The van der Waals surface area contributed by atoms with Crippen LogP contribution in [0.1, 0.15) is 91.4 Å². The van der Waals surface area contributed by atoms with Gasteiger partial charge in [0.2, 0.25) is 0 Å². The van der Waals surface area contributed by atoms with Crippen LogP contribution in [0.15, 0.2) is 12.2 Å². The van der Waals surface area contributed by atoms with Crippen LogP contribution in [0.25, 0.3) is 0 Å². The number of hydrogen-bond acceptors (Lipinski definition) is 0. The minimum atomic E-state index is 0.580. The van der Waals surface area contributed by atoms with E-state index in [2.05, 4.69) is 32.9 Å². The minimum absolute atomic E-state index is 0.580. The van der Waals surface area contributed by atoms with Gasteiger partial charge in [-0.1, -0.05) is 84.3 Å². The highest BCUT2D eigenvalue weighted by molar-refractivity contribution is 5.11. The maximum absolute atomic E-state index is 2.47. The summed E-state index contributed by atoms with van der Waals surface area (Å²) in [7, 11) is 0. The monoisotopic (exact) mass is 250 g/mol. The molecule has 0 heteroatoms. The van der Waals surface area contributed by atoms with E-state index in [4.69, 9.17) is 0 Å². The lowest BCUT2D eigenvalue weighted by atomic mass is 10.0. The van der Waals surface area contributed by atoms with Crippen LogP contribution in [-0.4, -0.2) is 0 Å². The number of unbranched alkanes of at least 4 members (excludes halogenated alkanes) is 7. The van der Waals surface area contributed by atoms with Gasteiger partial charge < -0.3 is 0 Å². The molecular formula is C18H34. The van der Waals surface area contributed by atoms with E-state index in [0.29, 0.717) is 5.41 Å². The molecule has 0 spiro atoms. The largest absolute Gasteiger partial charge is 0.0883 e. The average molecular weight is 250 g/mol. The van der Waals surface area contributed by atoms with Crippen molar-refractivity contribution in [3.63, 3.8) is 0 Å². The van der Waals surface area contributed by atoms with Crippen LogP contribution < -0.4 is 0 Å².